The molecule has 1 N–H and O–H groups in total. The fourth-order valence-electron chi connectivity index (χ4n) is 3.41. The minimum absolute atomic E-state index is 0.170. The summed E-state index contributed by atoms with van der Waals surface area (Å²) in [4.78, 5) is 16.6. The van der Waals surface area contributed by atoms with Crippen molar-refractivity contribution in [3.63, 3.8) is 0 Å². The fourth-order valence-corrected chi connectivity index (χ4v) is 3.41. The molecule has 1 aliphatic heterocycles. The first kappa shape index (κ1) is 19.5. The van der Waals surface area contributed by atoms with Gasteiger partial charge in [-0.25, -0.2) is 0 Å². The number of para-hydroxylation sites is 1. The summed E-state index contributed by atoms with van der Waals surface area (Å²) >= 11 is 0. The van der Waals surface area contributed by atoms with Gasteiger partial charge in [0.2, 0.25) is 0 Å². The van der Waals surface area contributed by atoms with Gasteiger partial charge in [0.1, 0.15) is 0 Å². The second-order valence-electron chi connectivity index (χ2n) is 7.40. The maximum atomic E-state index is 12.7. The summed E-state index contributed by atoms with van der Waals surface area (Å²) in [6.07, 6.45) is 1.04. The molecule has 146 valence electrons. The number of benzene rings is 1. The van der Waals surface area contributed by atoms with E-state index >= 15 is 0 Å². The van der Waals surface area contributed by atoms with Gasteiger partial charge in [-0.3, -0.25) is 9.69 Å². The molecule has 1 aromatic carbocycles. The zero-order valence-corrected chi connectivity index (χ0v) is 16.4. The van der Waals surface area contributed by atoms with E-state index in [1.54, 1.807) is 0 Å². The predicted molar refractivity (Wildman–Crippen MR) is 104 cm³/mol. The van der Waals surface area contributed by atoms with Crippen molar-refractivity contribution < 1.29 is 9.53 Å². The molecule has 1 atom stereocenters. The maximum absolute atomic E-state index is 12.7. The minimum Gasteiger partial charge on any atom is -0.379 e. The molecular weight excluding hydrogens is 342 g/mol. The van der Waals surface area contributed by atoms with E-state index in [0.29, 0.717) is 29.9 Å². The number of morpholine rings is 1. The van der Waals surface area contributed by atoms with E-state index in [-0.39, 0.29) is 5.91 Å². The fraction of sp³-hybridized carbons (Fsp3) is 0.550. The molecular formula is C20H29N5O2. The normalized spacial score (nSPS) is 16.4. The number of ether oxygens (including phenoxy) is 1. The Morgan fingerprint density at radius 3 is 2.56 bits per heavy atom. The van der Waals surface area contributed by atoms with Gasteiger partial charge in [-0.2, -0.15) is 9.90 Å². The number of hydrogen-bond donors (Lipinski definition) is 1. The second-order valence-corrected chi connectivity index (χ2v) is 7.40. The van der Waals surface area contributed by atoms with Crippen LogP contribution < -0.4 is 5.32 Å². The second kappa shape index (κ2) is 9.10. The van der Waals surface area contributed by atoms with Crippen LogP contribution in [0, 0.1) is 12.8 Å². The SMILES string of the molecule is Cc1nn(-c2ccccc2)nc1C(=O)NCC(CC(C)C)N1CCOCC1. The highest BCUT2D eigenvalue weighted by Gasteiger charge is 2.24. The highest BCUT2D eigenvalue weighted by atomic mass is 16.5. The van der Waals surface area contributed by atoms with E-state index in [4.69, 9.17) is 4.74 Å². The van der Waals surface area contributed by atoms with Gasteiger partial charge in [0.15, 0.2) is 5.69 Å². The Hall–Kier alpha value is -2.25. The summed E-state index contributed by atoms with van der Waals surface area (Å²) in [5, 5.41) is 11.8. The summed E-state index contributed by atoms with van der Waals surface area (Å²) in [7, 11) is 0. The van der Waals surface area contributed by atoms with E-state index in [1.807, 2.05) is 37.3 Å². The van der Waals surface area contributed by atoms with E-state index in [1.165, 1.54) is 4.80 Å². The summed E-state index contributed by atoms with van der Waals surface area (Å²) in [5.41, 5.74) is 1.85. The number of hydrogen-bond acceptors (Lipinski definition) is 5. The van der Waals surface area contributed by atoms with Crippen LogP contribution in [-0.2, 0) is 4.74 Å². The number of aryl methyl sites for hydroxylation is 1. The van der Waals surface area contributed by atoms with Gasteiger partial charge < -0.3 is 10.1 Å². The largest absolute Gasteiger partial charge is 0.379 e. The van der Waals surface area contributed by atoms with Crippen LogP contribution in [0.2, 0.25) is 0 Å². The van der Waals surface area contributed by atoms with Crippen LogP contribution in [0.15, 0.2) is 30.3 Å². The average Bonchev–Trinajstić information content (AvgIpc) is 3.08. The molecule has 1 fully saturated rings. The van der Waals surface area contributed by atoms with Crippen molar-refractivity contribution in [3.8, 4) is 5.69 Å². The summed E-state index contributed by atoms with van der Waals surface area (Å²) < 4.78 is 5.46. The van der Waals surface area contributed by atoms with Crippen LogP contribution in [-0.4, -0.2) is 64.7 Å². The van der Waals surface area contributed by atoms with Crippen molar-refractivity contribution in [2.45, 2.75) is 33.2 Å². The minimum atomic E-state index is -0.170. The molecule has 7 heteroatoms. The molecule has 2 heterocycles. The van der Waals surface area contributed by atoms with Gasteiger partial charge in [0.05, 0.1) is 24.6 Å². The van der Waals surface area contributed by atoms with Gasteiger partial charge >= 0.3 is 0 Å². The van der Waals surface area contributed by atoms with Crippen LogP contribution >= 0.6 is 0 Å². The molecule has 1 amide bonds. The number of nitrogens with one attached hydrogen (secondary N) is 1. The van der Waals surface area contributed by atoms with Crippen molar-refractivity contribution in [2.24, 2.45) is 5.92 Å². The Morgan fingerprint density at radius 1 is 1.19 bits per heavy atom. The van der Waals surface area contributed by atoms with Crippen LogP contribution in [0.1, 0.15) is 36.5 Å². The number of rotatable bonds is 7. The number of nitrogens with zero attached hydrogens (tertiary/aromatic N) is 4. The maximum Gasteiger partial charge on any atom is 0.273 e. The first-order chi connectivity index (χ1) is 13.0. The monoisotopic (exact) mass is 371 g/mol. The molecule has 27 heavy (non-hydrogen) atoms. The zero-order valence-electron chi connectivity index (χ0n) is 16.4. The lowest BCUT2D eigenvalue weighted by Crippen LogP contribution is -2.49. The summed E-state index contributed by atoms with van der Waals surface area (Å²) in [5.74, 6) is 0.395. The average molecular weight is 371 g/mol. The van der Waals surface area contributed by atoms with Crippen LogP contribution in [0.25, 0.3) is 5.69 Å². The predicted octanol–water partition coefficient (Wildman–Crippen LogP) is 2.05. The molecule has 0 saturated carbocycles. The van der Waals surface area contributed by atoms with Gasteiger partial charge in [0, 0.05) is 25.7 Å². The quantitative estimate of drug-likeness (QED) is 0.806. The van der Waals surface area contributed by atoms with Gasteiger partial charge in [0.25, 0.3) is 5.91 Å². The molecule has 7 nitrogen and oxygen atoms in total. The molecule has 2 aromatic rings. The summed E-state index contributed by atoms with van der Waals surface area (Å²) in [6.45, 7) is 10.2. The molecule has 1 unspecified atom stereocenters. The standard InChI is InChI=1S/C20H29N5O2/c1-15(2)13-18(24-9-11-27-12-10-24)14-21-20(26)19-16(3)22-25(23-19)17-7-5-4-6-8-17/h4-8,15,18H,9-14H2,1-3H3,(H,21,26). The molecule has 1 aromatic heterocycles. The van der Waals surface area contributed by atoms with Crippen LogP contribution in [0.5, 0.6) is 0 Å². The molecule has 0 spiro atoms. The molecule has 1 aliphatic rings. The first-order valence-corrected chi connectivity index (χ1v) is 9.64. The van der Waals surface area contributed by atoms with Crippen molar-refractivity contribution in [1.29, 1.82) is 0 Å². The Kier molecular flexibility index (Phi) is 6.58. The molecule has 0 bridgehead atoms. The van der Waals surface area contributed by atoms with Gasteiger partial charge in [-0.15, -0.1) is 5.10 Å². The third-order valence-corrected chi connectivity index (χ3v) is 4.79. The topological polar surface area (TPSA) is 72.3 Å². The smallest absolute Gasteiger partial charge is 0.273 e. The lowest BCUT2D eigenvalue weighted by molar-refractivity contribution is 0.0124. The summed E-state index contributed by atoms with van der Waals surface area (Å²) in [6, 6.07) is 9.92. The lowest BCUT2D eigenvalue weighted by Gasteiger charge is -2.35. The Labute approximate surface area is 160 Å². The zero-order chi connectivity index (χ0) is 19.2. The molecule has 1 saturated heterocycles. The number of aromatic nitrogens is 3. The molecule has 3 rings (SSSR count). The Balaban J connectivity index is 1.66. The highest BCUT2D eigenvalue weighted by molar-refractivity contribution is 5.93. The molecule has 0 aliphatic carbocycles. The van der Waals surface area contributed by atoms with Crippen molar-refractivity contribution in [3.05, 3.63) is 41.7 Å². The van der Waals surface area contributed by atoms with Crippen LogP contribution in [0.3, 0.4) is 0 Å². The Bertz CT molecular complexity index is 738. The van der Waals surface area contributed by atoms with Crippen molar-refractivity contribution in [2.75, 3.05) is 32.8 Å². The number of carbonyl (C=O) groups excluding carboxylic acids is 1. The number of carbonyl (C=O) groups is 1. The molecule has 0 radical (unpaired) electrons. The van der Waals surface area contributed by atoms with Gasteiger partial charge in [-0.05, 0) is 31.4 Å². The van der Waals surface area contributed by atoms with Crippen LogP contribution in [0.4, 0.5) is 0 Å². The highest BCUT2D eigenvalue weighted by Crippen LogP contribution is 2.14. The third-order valence-electron chi connectivity index (χ3n) is 4.79. The van der Waals surface area contributed by atoms with Gasteiger partial charge in [-0.1, -0.05) is 32.0 Å². The van der Waals surface area contributed by atoms with E-state index in [2.05, 4.69) is 34.3 Å². The third kappa shape index (κ3) is 5.14. The van der Waals surface area contributed by atoms with Crippen molar-refractivity contribution in [1.82, 2.24) is 25.2 Å². The first-order valence-electron chi connectivity index (χ1n) is 9.64. The van der Waals surface area contributed by atoms with E-state index in [0.717, 1.165) is 38.4 Å². The van der Waals surface area contributed by atoms with E-state index in [9.17, 15) is 4.79 Å². The lowest BCUT2D eigenvalue weighted by atomic mass is 10.0. The van der Waals surface area contributed by atoms with E-state index < -0.39 is 0 Å². The Morgan fingerprint density at radius 2 is 1.89 bits per heavy atom. The number of amides is 1. The van der Waals surface area contributed by atoms with Crippen molar-refractivity contribution >= 4 is 5.91 Å².